The maximum Gasteiger partial charge on any atom is 0.271 e. The van der Waals surface area contributed by atoms with Gasteiger partial charge in [-0.05, 0) is 19.9 Å². The number of methoxy groups -OCH3 is 2. The number of nitro groups is 1. The molecular formula is C17H21N3O6. The number of hydrogen-bond acceptors (Lipinski definition) is 8. The minimum Gasteiger partial charge on any atom is -0.353 e. The molecule has 3 rings (SSSR count). The number of hydrogen-bond donors (Lipinski definition) is 0. The van der Waals surface area contributed by atoms with Crippen LogP contribution >= 0.6 is 0 Å². The Balaban J connectivity index is 1.87. The van der Waals surface area contributed by atoms with Gasteiger partial charge in [0.05, 0.1) is 27.8 Å². The number of aromatic nitrogens is 2. The SMILES string of the molecule is COC(OC)C1OC(C)(C)OC1Cc1cnc2ccc([N+](=O)[O-])cc2n1. The Morgan fingerprint density at radius 2 is 2.00 bits per heavy atom. The predicted molar refractivity (Wildman–Crippen MR) is 91.5 cm³/mol. The zero-order valence-electron chi connectivity index (χ0n) is 15.0. The van der Waals surface area contributed by atoms with Crippen molar-refractivity contribution in [2.75, 3.05) is 14.2 Å². The molecule has 2 atom stereocenters. The Bertz CT molecular complexity index is 808. The Hall–Kier alpha value is -2.20. The average molecular weight is 363 g/mol. The predicted octanol–water partition coefficient (Wildman–Crippen LogP) is 2.22. The second kappa shape index (κ2) is 7.20. The molecule has 1 saturated heterocycles. The zero-order chi connectivity index (χ0) is 18.9. The molecule has 0 bridgehead atoms. The zero-order valence-corrected chi connectivity index (χ0v) is 15.0. The van der Waals surface area contributed by atoms with Crippen LogP contribution in [-0.2, 0) is 25.4 Å². The lowest BCUT2D eigenvalue weighted by Gasteiger charge is -2.24. The fourth-order valence-electron chi connectivity index (χ4n) is 3.07. The van der Waals surface area contributed by atoms with Gasteiger partial charge in [0.2, 0.25) is 0 Å². The number of nitrogens with zero attached hydrogens (tertiary/aromatic N) is 3. The summed E-state index contributed by atoms with van der Waals surface area (Å²) < 4.78 is 22.5. The van der Waals surface area contributed by atoms with E-state index in [0.717, 1.165) is 0 Å². The first-order valence-corrected chi connectivity index (χ1v) is 8.14. The minimum atomic E-state index is -0.784. The molecule has 140 valence electrons. The molecule has 2 unspecified atom stereocenters. The van der Waals surface area contributed by atoms with Crippen molar-refractivity contribution in [2.24, 2.45) is 0 Å². The van der Waals surface area contributed by atoms with E-state index in [0.29, 0.717) is 23.1 Å². The molecular weight excluding hydrogens is 342 g/mol. The van der Waals surface area contributed by atoms with E-state index in [2.05, 4.69) is 9.97 Å². The monoisotopic (exact) mass is 363 g/mol. The average Bonchev–Trinajstić information content (AvgIpc) is 2.89. The van der Waals surface area contributed by atoms with Gasteiger partial charge in [0.15, 0.2) is 12.1 Å². The first-order chi connectivity index (χ1) is 12.3. The van der Waals surface area contributed by atoms with E-state index in [1.807, 2.05) is 13.8 Å². The van der Waals surface area contributed by atoms with Crippen molar-refractivity contribution < 1.29 is 23.9 Å². The van der Waals surface area contributed by atoms with Crippen molar-refractivity contribution in [3.63, 3.8) is 0 Å². The Kier molecular flexibility index (Phi) is 5.15. The molecule has 9 heteroatoms. The van der Waals surface area contributed by atoms with E-state index in [1.165, 1.54) is 26.4 Å². The minimum absolute atomic E-state index is 0.0257. The lowest BCUT2D eigenvalue weighted by Crippen LogP contribution is -2.39. The van der Waals surface area contributed by atoms with Crippen molar-refractivity contribution in [3.8, 4) is 0 Å². The smallest absolute Gasteiger partial charge is 0.271 e. The third-order valence-electron chi connectivity index (χ3n) is 4.15. The van der Waals surface area contributed by atoms with Gasteiger partial charge in [-0.1, -0.05) is 0 Å². The molecule has 1 aliphatic rings. The highest BCUT2D eigenvalue weighted by Crippen LogP contribution is 2.32. The topological polar surface area (TPSA) is 106 Å². The van der Waals surface area contributed by atoms with E-state index in [1.54, 1.807) is 12.3 Å². The lowest BCUT2D eigenvalue weighted by molar-refractivity contribution is -0.384. The van der Waals surface area contributed by atoms with Crippen LogP contribution < -0.4 is 0 Å². The summed E-state index contributed by atoms with van der Waals surface area (Å²) in [6.45, 7) is 3.63. The van der Waals surface area contributed by atoms with Gasteiger partial charge in [-0.3, -0.25) is 15.1 Å². The first kappa shape index (κ1) is 18.6. The van der Waals surface area contributed by atoms with Crippen LogP contribution in [0.25, 0.3) is 11.0 Å². The fraction of sp³-hybridized carbons (Fsp3) is 0.529. The number of non-ortho nitro benzene ring substituents is 1. The van der Waals surface area contributed by atoms with Gasteiger partial charge in [0.1, 0.15) is 6.10 Å². The Morgan fingerprint density at radius 1 is 1.27 bits per heavy atom. The van der Waals surface area contributed by atoms with Gasteiger partial charge in [0.25, 0.3) is 5.69 Å². The van der Waals surface area contributed by atoms with Crippen LogP contribution in [0.4, 0.5) is 5.69 Å². The third kappa shape index (κ3) is 3.80. The normalized spacial score (nSPS) is 22.2. The molecule has 1 aromatic carbocycles. The van der Waals surface area contributed by atoms with E-state index in [9.17, 15) is 10.1 Å². The summed E-state index contributed by atoms with van der Waals surface area (Å²) in [6.07, 6.45) is 0.650. The van der Waals surface area contributed by atoms with Crippen molar-refractivity contribution >= 4 is 16.7 Å². The second-order valence-electron chi connectivity index (χ2n) is 6.47. The molecule has 1 aliphatic heterocycles. The second-order valence-corrected chi connectivity index (χ2v) is 6.47. The number of rotatable bonds is 6. The molecule has 0 saturated carbocycles. The lowest BCUT2D eigenvalue weighted by atomic mass is 10.1. The van der Waals surface area contributed by atoms with Crippen LogP contribution in [-0.4, -0.2) is 53.4 Å². The van der Waals surface area contributed by atoms with E-state index < -0.39 is 23.1 Å². The van der Waals surface area contributed by atoms with E-state index in [4.69, 9.17) is 18.9 Å². The number of fused-ring (bicyclic) bond motifs is 1. The number of benzene rings is 1. The number of nitro benzene ring substituents is 1. The molecule has 26 heavy (non-hydrogen) atoms. The van der Waals surface area contributed by atoms with Gasteiger partial charge in [-0.2, -0.15) is 0 Å². The van der Waals surface area contributed by atoms with Crippen LogP contribution in [0.1, 0.15) is 19.5 Å². The standard InChI is InChI=1S/C17H21N3O6/c1-17(2)25-14(15(26-17)16(23-3)24-4)7-10-9-18-12-6-5-11(20(21)22)8-13(12)19-10/h5-6,8-9,14-16H,7H2,1-4H3. The Labute approximate surface area is 150 Å². The summed E-state index contributed by atoms with van der Waals surface area (Å²) in [5.74, 6) is -0.784. The van der Waals surface area contributed by atoms with Crippen molar-refractivity contribution in [3.05, 3.63) is 40.2 Å². The van der Waals surface area contributed by atoms with Crippen LogP contribution in [0.15, 0.2) is 24.4 Å². The molecule has 0 radical (unpaired) electrons. The molecule has 0 aliphatic carbocycles. The highest BCUT2D eigenvalue weighted by molar-refractivity contribution is 5.76. The summed E-state index contributed by atoms with van der Waals surface area (Å²) in [6, 6.07) is 4.40. The van der Waals surface area contributed by atoms with Gasteiger partial charge in [0, 0.05) is 39.0 Å². The van der Waals surface area contributed by atoms with Gasteiger partial charge >= 0.3 is 0 Å². The van der Waals surface area contributed by atoms with Gasteiger partial charge < -0.3 is 18.9 Å². The van der Waals surface area contributed by atoms with E-state index in [-0.39, 0.29) is 11.8 Å². The van der Waals surface area contributed by atoms with Crippen molar-refractivity contribution in [1.29, 1.82) is 0 Å². The summed E-state index contributed by atoms with van der Waals surface area (Å²) in [5, 5.41) is 11.0. The van der Waals surface area contributed by atoms with Crippen LogP contribution in [0, 0.1) is 10.1 Å². The van der Waals surface area contributed by atoms with Crippen LogP contribution in [0.2, 0.25) is 0 Å². The van der Waals surface area contributed by atoms with E-state index >= 15 is 0 Å². The fourth-order valence-corrected chi connectivity index (χ4v) is 3.07. The van der Waals surface area contributed by atoms with Crippen molar-refractivity contribution in [2.45, 2.75) is 44.6 Å². The summed E-state index contributed by atoms with van der Waals surface area (Å²) in [4.78, 5) is 19.3. The summed E-state index contributed by atoms with van der Waals surface area (Å²) in [5.41, 5.74) is 1.66. The molecule has 0 amide bonds. The molecule has 9 nitrogen and oxygen atoms in total. The molecule has 2 heterocycles. The quantitative estimate of drug-likeness (QED) is 0.437. The summed E-state index contributed by atoms with van der Waals surface area (Å²) >= 11 is 0. The van der Waals surface area contributed by atoms with Crippen molar-refractivity contribution in [1.82, 2.24) is 9.97 Å². The molecule has 2 aromatic rings. The number of ether oxygens (including phenoxy) is 4. The largest absolute Gasteiger partial charge is 0.353 e. The molecule has 1 fully saturated rings. The molecule has 0 spiro atoms. The maximum absolute atomic E-state index is 11.0. The Morgan fingerprint density at radius 3 is 2.65 bits per heavy atom. The first-order valence-electron chi connectivity index (χ1n) is 8.14. The van der Waals surface area contributed by atoms with Gasteiger partial charge in [-0.25, -0.2) is 4.98 Å². The third-order valence-corrected chi connectivity index (χ3v) is 4.15. The van der Waals surface area contributed by atoms with Crippen LogP contribution in [0.3, 0.4) is 0 Å². The molecule has 0 N–H and O–H groups in total. The summed E-state index contributed by atoms with van der Waals surface area (Å²) in [7, 11) is 3.07. The highest BCUT2D eigenvalue weighted by Gasteiger charge is 2.45. The van der Waals surface area contributed by atoms with Gasteiger partial charge in [-0.15, -0.1) is 0 Å². The molecule has 1 aromatic heterocycles. The highest BCUT2D eigenvalue weighted by atomic mass is 16.8. The van der Waals surface area contributed by atoms with Crippen LogP contribution in [0.5, 0.6) is 0 Å². The maximum atomic E-state index is 11.0.